The Hall–Kier alpha value is -1.55. The van der Waals surface area contributed by atoms with Crippen molar-refractivity contribution in [3.63, 3.8) is 0 Å². The van der Waals surface area contributed by atoms with E-state index in [1.54, 1.807) is 7.11 Å². The maximum atomic E-state index is 5.45. The van der Waals surface area contributed by atoms with Crippen LogP contribution in [0.5, 0.6) is 5.75 Å². The fourth-order valence-corrected chi connectivity index (χ4v) is 1.42. The van der Waals surface area contributed by atoms with Gasteiger partial charge in [-0.3, -0.25) is 0 Å². The van der Waals surface area contributed by atoms with Gasteiger partial charge in [-0.2, -0.15) is 0 Å². The molecule has 0 aliphatic heterocycles. The molecule has 1 heterocycles. The van der Waals surface area contributed by atoms with Crippen LogP contribution in [-0.2, 0) is 6.54 Å². The second-order valence-electron chi connectivity index (χ2n) is 3.13. The molecule has 0 unspecified atom stereocenters. The molecule has 14 heavy (non-hydrogen) atoms. The zero-order valence-corrected chi connectivity index (χ0v) is 8.20. The Bertz CT molecular complexity index is 462. The van der Waals surface area contributed by atoms with E-state index in [9.17, 15) is 0 Å². The van der Waals surface area contributed by atoms with Crippen LogP contribution < -0.4 is 10.5 Å². The van der Waals surface area contributed by atoms with Crippen LogP contribution in [0, 0.1) is 6.92 Å². The van der Waals surface area contributed by atoms with Gasteiger partial charge < -0.3 is 14.9 Å². The van der Waals surface area contributed by atoms with Gasteiger partial charge in [0.2, 0.25) is 5.89 Å². The van der Waals surface area contributed by atoms with Gasteiger partial charge >= 0.3 is 0 Å². The quantitative estimate of drug-likeness (QED) is 0.785. The molecular weight excluding hydrogens is 180 g/mol. The maximum Gasteiger partial charge on any atom is 0.209 e. The van der Waals surface area contributed by atoms with E-state index in [1.807, 2.05) is 19.1 Å². The zero-order chi connectivity index (χ0) is 10.1. The number of oxazole rings is 1. The average Bonchev–Trinajstić information content (AvgIpc) is 2.59. The number of aryl methyl sites for hydroxylation is 1. The van der Waals surface area contributed by atoms with E-state index in [0.29, 0.717) is 23.8 Å². The molecule has 74 valence electrons. The van der Waals surface area contributed by atoms with Crippen LogP contribution in [0.4, 0.5) is 0 Å². The second-order valence-corrected chi connectivity index (χ2v) is 3.13. The Balaban J connectivity index is 2.71. The summed E-state index contributed by atoms with van der Waals surface area (Å²) in [5, 5.41) is 0. The van der Waals surface area contributed by atoms with Crippen LogP contribution in [-0.4, -0.2) is 12.1 Å². The second kappa shape index (κ2) is 3.31. The predicted molar refractivity (Wildman–Crippen MR) is 53.2 cm³/mol. The number of rotatable bonds is 2. The molecule has 0 fully saturated rings. The van der Waals surface area contributed by atoms with Crippen LogP contribution in [0.25, 0.3) is 11.1 Å². The lowest BCUT2D eigenvalue weighted by Gasteiger charge is -2.00. The van der Waals surface area contributed by atoms with Gasteiger partial charge in [-0.25, -0.2) is 4.98 Å². The fourth-order valence-electron chi connectivity index (χ4n) is 1.42. The van der Waals surface area contributed by atoms with Crippen molar-refractivity contribution in [3.05, 3.63) is 23.6 Å². The Morgan fingerprint density at radius 1 is 1.50 bits per heavy atom. The van der Waals surface area contributed by atoms with E-state index in [4.69, 9.17) is 14.9 Å². The molecule has 2 N–H and O–H groups in total. The minimum absolute atomic E-state index is 0.302. The first-order valence-electron chi connectivity index (χ1n) is 4.38. The van der Waals surface area contributed by atoms with Crippen LogP contribution in [0.1, 0.15) is 11.5 Å². The van der Waals surface area contributed by atoms with Crippen molar-refractivity contribution in [1.82, 2.24) is 4.98 Å². The van der Waals surface area contributed by atoms with E-state index < -0.39 is 0 Å². The summed E-state index contributed by atoms with van der Waals surface area (Å²) in [7, 11) is 1.61. The van der Waals surface area contributed by atoms with E-state index in [0.717, 1.165) is 11.1 Å². The highest BCUT2D eigenvalue weighted by molar-refractivity contribution is 5.80. The standard InChI is InChI=1S/C10H12N2O2/c1-6-3-7-10(8(4-6)13-2)14-9(5-11)12-7/h3-4H,5,11H2,1-2H3. The molecular formula is C10H12N2O2. The Morgan fingerprint density at radius 3 is 2.93 bits per heavy atom. The first-order chi connectivity index (χ1) is 6.74. The SMILES string of the molecule is COc1cc(C)cc2nc(CN)oc12. The molecule has 1 aromatic carbocycles. The fraction of sp³-hybridized carbons (Fsp3) is 0.300. The number of fused-ring (bicyclic) bond motifs is 1. The number of hydrogen-bond donors (Lipinski definition) is 1. The third kappa shape index (κ3) is 1.33. The molecule has 0 spiro atoms. The number of benzene rings is 1. The molecule has 0 radical (unpaired) electrons. The van der Waals surface area contributed by atoms with Crippen LogP contribution >= 0.6 is 0 Å². The summed E-state index contributed by atoms with van der Waals surface area (Å²) in [5.74, 6) is 1.23. The number of nitrogens with two attached hydrogens (primary N) is 1. The number of hydrogen-bond acceptors (Lipinski definition) is 4. The summed E-state index contributed by atoms with van der Waals surface area (Å²) >= 11 is 0. The van der Waals surface area contributed by atoms with Gasteiger partial charge in [0.15, 0.2) is 11.3 Å². The van der Waals surface area contributed by atoms with Crippen LogP contribution in [0.15, 0.2) is 16.5 Å². The van der Waals surface area contributed by atoms with Crippen molar-refractivity contribution >= 4 is 11.1 Å². The summed E-state index contributed by atoms with van der Waals surface area (Å²) in [6.07, 6.45) is 0. The molecule has 4 nitrogen and oxygen atoms in total. The van der Waals surface area contributed by atoms with Gasteiger partial charge in [-0.05, 0) is 24.6 Å². The van der Waals surface area contributed by atoms with Gasteiger partial charge in [0.05, 0.1) is 13.7 Å². The summed E-state index contributed by atoms with van der Waals surface area (Å²) in [5.41, 5.74) is 7.99. The number of aromatic nitrogens is 1. The third-order valence-electron chi connectivity index (χ3n) is 2.04. The summed E-state index contributed by atoms with van der Waals surface area (Å²) in [6.45, 7) is 2.29. The Morgan fingerprint density at radius 2 is 2.29 bits per heavy atom. The summed E-state index contributed by atoms with van der Waals surface area (Å²) < 4.78 is 10.6. The Kier molecular flexibility index (Phi) is 2.13. The molecule has 0 aliphatic carbocycles. The largest absolute Gasteiger partial charge is 0.493 e. The molecule has 0 atom stereocenters. The molecule has 2 rings (SSSR count). The first-order valence-corrected chi connectivity index (χ1v) is 4.38. The number of nitrogens with zero attached hydrogens (tertiary/aromatic N) is 1. The lowest BCUT2D eigenvalue weighted by Crippen LogP contribution is -1.94. The van der Waals surface area contributed by atoms with Gasteiger partial charge in [0.1, 0.15) is 5.52 Å². The lowest BCUT2D eigenvalue weighted by atomic mass is 10.2. The highest BCUT2D eigenvalue weighted by Crippen LogP contribution is 2.27. The van der Waals surface area contributed by atoms with E-state index in [2.05, 4.69) is 4.98 Å². The summed E-state index contributed by atoms with van der Waals surface area (Å²) in [4.78, 5) is 4.23. The lowest BCUT2D eigenvalue weighted by molar-refractivity contribution is 0.406. The van der Waals surface area contributed by atoms with E-state index >= 15 is 0 Å². The smallest absolute Gasteiger partial charge is 0.209 e. The third-order valence-corrected chi connectivity index (χ3v) is 2.04. The molecule has 0 amide bonds. The van der Waals surface area contributed by atoms with Crippen molar-refractivity contribution in [2.75, 3.05) is 7.11 Å². The van der Waals surface area contributed by atoms with Gasteiger partial charge in [0.25, 0.3) is 0 Å². The normalized spacial score (nSPS) is 10.8. The molecule has 0 bridgehead atoms. The van der Waals surface area contributed by atoms with Crippen molar-refractivity contribution < 1.29 is 9.15 Å². The molecule has 2 aromatic rings. The van der Waals surface area contributed by atoms with E-state index in [1.165, 1.54) is 0 Å². The van der Waals surface area contributed by atoms with Crippen molar-refractivity contribution in [2.24, 2.45) is 5.73 Å². The van der Waals surface area contributed by atoms with Crippen molar-refractivity contribution in [1.29, 1.82) is 0 Å². The predicted octanol–water partition coefficient (Wildman–Crippen LogP) is 1.60. The first kappa shape index (κ1) is 9.02. The van der Waals surface area contributed by atoms with Crippen molar-refractivity contribution in [3.8, 4) is 5.75 Å². The van der Waals surface area contributed by atoms with Gasteiger partial charge in [-0.15, -0.1) is 0 Å². The minimum Gasteiger partial charge on any atom is -0.493 e. The van der Waals surface area contributed by atoms with Crippen LogP contribution in [0.2, 0.25) is 0 Å². The molecule has 0 saturated heterocycles. The van der Waals surface area contributed by atoms with Gasteiger partial charge in [0, 0.05) is 0 Å². The molecule has 0 aliphatic rings. The van der Waals surface area contributed by atoms with Crippen LogP contribution in [0.3, 0.4) is 0 Å². The highest BCUT2D eigenvalue weighted by atomic mass is 16.5. The molecule has 4 heteroatoms. The summed E-state index contributed by atoms with van der Waals surface area (Å²) in [6, 6.07) is 3.86. The van der Waals surface area contributed by atoms with Crippen molar-refractivity contribution in [2.45, 2.75) is 13.5 Å². The molecule has 1 aromatic heterocycles. The maximum absolute atomic E-state index is 5.45. The number of methoxy groups -OCH3 is 1. The van der Waals surface area contributed by atoms with E-state index in [-0.39, 0.29) is 0 Å². The van der Waals surface area contributed by atoms with Gasteiger partial charge in [-0.1, -0.05) is 0 Å². The number of ether oxygens (including phenoxy) is 1. The highest BCUT2D eigenvalue weighted by Gasteiger charge is 2.10. The Labute approximate surface area is 81.7 Å². The average molecular weight is 192 g/mol. The molecule has 0 saturated carbocycles. The zero-order valence-electron chi connectivity index (χ0n) is 8.20. The monoisotopic (exact) mass is 192 g/mol. The minimum atomic E-state index is 0.302. The topological polar surface area (TPSA) is 61.3 Å².